The van der Waals surface area contributed by atoms with E-state index in [1.807, 2.05) is 25.7 Å². The lowest BCUT2D eigenvalue weighted by Gasteiger charge is -2.29. The van der Waals surface area contributed by atoms with Gasteiger partial charge < -0.3 is 10.6 Å². The van der Waals surface area contributed by atoms with Crippen molar-refractivity contribution in [2.24, 2.45) is 5.73 Å². The second-order valence-electron chi connectivity index (χ2n) is 4.41. The average molecular weight is 272 g/mol. The predicted molar refractivity (Wildman–Crippen MR) is 75.0 cm³/mol. The van der Waals surface area contributed by atoms with Crippen LogP contribution in [0.1, 0.15) is 32.8 Å². The van der Waals surface area contributed by atoms with Crippen LogP contribution in [0.3, 0.4) is 0 Å². The van der Waals surface area contributed by atoms with Crippen LogP contribution in [0.15, 0.2) is 12.1 Å². The summed E-state index contributed by atoms with van der Waals surface area (Å²) in [6.45, 7) is 6.54. The van der Waals surface area contributed by atoms with Crippen molar-refractivity contribution < 1.29 is 8.78 Å². The van der Waals surface area contributed by atoms with Crippen molar-refractivity contribution in [1.29, 1.82) is 0 Å². The van der Waals surface area contributed by atoms with Crippen LogP contribution in [0.4, 0.5) is 14.5 Å². The maximum Gasteiger partial charge on any atom is 0.182 e. The van der Waals surface area contributed by atoms with Crippen LogP contribution in [-0.4, -0.2) is 17.6 Å². The van der Waals surface area contributed by atoms with Crippen molar-refractivity contribution >= 4 is 22.9 Å². The van der Waals surface area contributed by atoms with Crippen molar-refractivity contribution in [2.45, 2.75) is 33.2 Å². The first-order valence-electron chi connectivity index (χ1n) is 5.94. The number of halogens is 2. The second-order valence-corrected chi connectivity index (χ2v) is 4.85. The summed E-state index contributed by atoms with van der Waals surface area (Å²) in [4.78, 5) is 1.69. The van der Waals surface area contributed by atoms with Crippen LogP contribution in [0.25, 0.3) is 0 Å². The van der Waals surface area contributed by atoms with Gasteiger partial charge in [0.2, 0.25) is 0 Å². The third-order valence-corrected chi connectivity index (χ3v) is 2.94. The molecule has 0 bridgehead atoms. The lowest BCUT2D eigenvalue weighted by molar-refractivity contribution is 0.500. The van der Waals surface area contributed by atoms with Crippen molar-refractivity contribution in [2.75, 3.05) is 11.4 Å². The van der Waals surface area contributed by atoms with Gasteiger partial charge in [-0.3, -0.25) is 0 Å². The zero-order valence-electron chi connectivity index (χ0n) is 10.8. The number of nitrogens with zero attached hydrogens (tertiary/aromatic N) is 1. The molecule has 0 saturated heterocycles. The maximum atomic E-state index is 14.0. The van der Waals surface area contributed by atoms with Crippen molar-refractivity contribution in [1.82, 2.24) is 0 Å². The molecule has 0 aliphatic carbocycles. The molecule has 1 aromatic rings. The van der Waals surface area contributed by atoms with E-state index in [0.717, 1.165) is 6.42 Å². The normalized spacial score (nSPS) is 10.8. The number of anilines is 1. The molecule has 0 radical (unpaired) electrons. The van der Waals surface area contributed by atoms with Crippen LogP contribution < -0.4 is 10.6 Å². The Hall–Kier alpha value is -1.23. The van der Waals surface area contributed by atoms with E-state index in [1.165, 1.54) is 12.1 Å². The SMILES string of the molecule is CCCN(c1ccc(C(N)=S)c(F)c1F)C(C)C. The molecule has 0 aromatic heterocycles. The van der Waals surface area contributed by atoms with E-state index in [-0.39, 0.29) is 22.3 Å². The molecule has 2 N–H and O–H groups in total. The van der Waals surface area contributed by atoms with Gasteiger partial charge in [-0.1, -0.05) is 19.1 Å². The zero-order chi connectivity index (χ0) is 13.9. The van der Waals surface area contributed by atoms with Crippen LogP contribution in [-0.2, 0) is 0 Å². The Morgan fingerprint density at radius 1 is 1.33 bits per heavy atom. The fourth-order valence-corrected chi connectivity index (χ4v) is 2.01. The Bertz CT molecular complexity index is 447. The molecule has 0 spiro atoms. The van der Waals surface area contributed by atoms with Crippen molar-refractivity contribution in [3.05, 3.63) is 29.3 Å². The number of nitrogens with two attached hydrogens (primary N) is 1. The highest BCUT2D eigenvalue weighted by atomic mass is 32.1. The van der Waals surface area contributed by atoms with E-state index in [4.69, 9.17) is 5.73 Å². The van der Waals surface area contributed by atoms with Crippen molar-refractivity contribution in [3.8, 4) is 0 Å². The van der Waals surface area contributed by atoms with Crippen molar-refractivity contribution in [3.63, 3.8) is 0 Å². The Morgan fingerprint density at radius 2 is 1.94 bits per heavy atom. The van der Waals surface area contributed by atoms with Gasteiger partial charge >= 0.3 is 0 Å². The molecule has 1 aromatic carbocycles. The first kappa shape index (κ1) is 14.8. The van der Waals surface area contributed by atoms with Gasteiger partial charge in [-0.2, -0.15) is 0 Å². The van der Waals surface area contributed by atoms with E-state index in [2.05, 4.69) is 12.2 Å². The second kappa shape index (κ2) is 6.09. The van der Waals surface area contributed by atoms with Gasteiger partial charge in [-0.25, -0.2) is 8.78 Å². The van der Waals surface area contributed by atoms with E-state index in [9.17, 15) is 8.78 Å². The molecule has 100 valence electrons. The fraction of sp³-hybridized carbons (Fsp3) is 0.462. The van der Waals surface area contributed by atoms with Gasteiger partial charge in [0, 0.05) is 18.2 Å². The van der Waals surface area contributed by atoms with Gasteiger partial charge in [0.05, 0.1) is 5.69 Å². The maximum absolute atomic E-state index is 14.0. The van der Waals surface area contributed by atoms with Crippen LogP contribution >= 0.6 is 12.2 Å². The van der Waals surface area contributed by atoms with Gasteiger partial charge in [-0.05, 0) is 32.4 Å². The lowest BCUT2D eigenvalue weighted by Crippen LogP contribution is -2.32. The molecule has 0 aliphatic heterocycles. The predicted octanol–water partition coefficient (Wildman–Crippen LogP) is 3.22. The first-order valence-corrected chi connectivity index (χ1v) is 6.35. The summed E-state index contributed by atoms with van der Waals surface area (Å²) in [7, 11) is 0. The van der Waals surface area contributed by atoms with Gasteiger partial charge in [-0.15, -0.1) is 0 Å². The molecule has 0 atom stereocenters. The average Bonchev–Trinajstić information content (AvgIpc) is 2.29. The molecule has 2 nitrogen and oxygen atoms in total. The Balaban J connectivity index is 3.25. The standard InChI is InChI=1S/C13H18F2N2S/c1-4-7-17(8(2)3)10-6-5-9(13(16)18)11(14)12(10)15/h5-6,8H,4,7H2,1-3H3,(H2,16,18). The smallest absolute Gasteiger partial charge is 0.182 e. The van der Waals surface area contributed by atoms with E-state index in [1.54, 1.807) is 0 Å². The monoisotopic (exact) mass is 272 g/mol. The third kappa shape index (κ3) is 2.96. The molecular formula is C13H18F2N2S. The number of hydrogen-bond acceptors (Lipinski definition) is 2. The minimum absolute atomic E-state index is 0.0496. The highest BCUT2D eigenvalue weighted by Gasteiger charge is 2.20. The minimum Gasteiger partial charge on any atom is -0.389 e. The van der Waals surface area contributed by atoms with Crippen LogP contribution in [0, 0.1) is 11.6 Å². The summed E-state index contributed by atoms with van der Waals surface area (Å²) in [6.07, 6.45) is 0.857. The number of hydrogen-bond donors (Lipinski definition) is 1. The van der Waals surface area contributed by atoms with Gasteiger partial charge in [0.25, 0.3) is 0 Å². The molecule has 0 fully saturated rings. The minimum atomic E-state index is -0.971. The Labute approximate surface area is 112 Å². The molecule has 1 rings (SSSR count). The summed E-state index contributed by atoms with van der Waals surface area (Å²) in [5.74, 6) is -1.86. The molecule has 18 heavy (non-hydrogen) atoms. The number of rotatable bonds is 5. The number of benzene rings is 1. The summed E-state index contributed by atoms with van der Waals surface area (Å²) >= 11 is 4.68. The number of thiocarbonyl (C=S) groups is 1. The quantitative estimate of drug-likeness (QED) is 0.834. The van der Waals surface area contributed by atoms with Crippen LogP contribution in [0.5, 0.6) is 0 Å². The largest absolute Gasteiger partial charge is 0.389 e. The first-order chi connectivity index (χ1) is 8.40. The van der Waals surface area contributed by atoms with Crippen LogP contribution in [0.2, 0.25) is 0 Å². The molecule has 0 saturated carbocycles. The molecule has 0 heterocycles. The molecule has 0 amide bonds. The highest BCUT2D eigenvalue weighted by molar-refractivity contribution is 7.80. The Kier molecular flexibility index (Phi) is 5.02. The summed E-state index contributed by atoms with van der Waals surface area (Å²) in [5, 5.41) is 0. The van der Waals surface area contributed by atoms with E-state index >= 15 is 0 Å². The third-order valence-electron chi connectivity index (χ3n) is 2.72. The molecular weight excluding hydrogens is 254 g/mol. The van der Waals surface area contributed by atoms with Gasteiger partial charge in [0.15, 0.2) is 11.6 Å². The van der Waals surface area contributed by atoms with E-state index in [0.29, 0.717) is 6.54 Å². The topological polar surface area (TPSA) is 29.3 Å². The van der Waals surface area contributed by atoms with Gasteiger partial charge in [0.1, 0.15) is 4.99 Å². The van der Waals surface area contributed by atoms with E-state index < -0.39 is 11.6 Å². The summed E-state index contributed by atoms with van der Waals surface area (Å²) in [5.41, 5.74) is 5.54. The molecule has 5 heteroatoms. The lowest BCUT2D eigenvalue weighted by atomic mass is 10.1. The highest BCUT2D eigenvalue weighted by Crippen LogP contribution is 2.26. The summed E-state index contributed by atoms with van der Waals surface area (Å²) in [6, 6.07) is 3.05. The Morgan fingerprint density at radius 3 is 2.39 bits per heavy atom. The molecule has 0 unspecified atom stereocenters. The zero-order valence-corrected chi connectivity index (χ0v) is 11.7. The fourth-order valence-electron chi connectivity index (χ4n) is 1.85. The summed E-state index contributed by atoms with van der Waals surface area (Å²) < 4.78 is 27.8. The molecule has 0 aliphatic rings.